The number of hydrogen-bond acceptors (Lipinski definition) is 2. The molecule has 1 saturated carbocycles. The largest absolute Gasteiger partial charge is 0.415 e. The van der Waals surface area contributed by atoms with Gasteiger partial charge >= 0.3 is 6.18 Å². The zero-order chi connectivity index (χ0) is 8.82. The first kappa shape index (κ1) is 8.31. The summed E-state index contributed by atoms with van der Waals surface area (Å²) < 4.78 is 40.9. The smallest absolute Gasteiger partial charge is 0.366 e. The van der Waals surface area contributed by atoms with Gasteiger partial charge in [-0.05, 0) is 12.8 Å². The van der Waals surface area contributed by atoms with Crippen molar-refractivity contribution >= 4 is 0 Å². The van der Waals surface area contributed by atoms with E-state index in [1.54, 1.807) is 0 Å². The monoisotopic (exact) mass is 181 g/mol. The number of rotatable bonds is 0. The average Bonchev–Trinajstić information content (AvgIpc) is 2.68. The fourth-order valence-electron chi connectivity index (χ4n) is 1.36. The molecule has 1 unspecified atom stereocenters. The number of halogens is 3. The number of alkyl halides is 3. The van der Waals surface area contributed by atoms with E-state index in [0.717, 1.165) is 12.8 Å². The molecule has 2 aliphatic rings. The van der Waals surface area contributed by atoms with Gasteiger partial charge in [0.05, 0.1) is 6.61 Å². The van der Waals surface area contributed by atoms with Crippen molar-refractivity contribution in [3.63, 3.8) is 0 Å². The lowest BCUT2D eigenvalue weighted by Gasteiger charge is -2.31. The van der Waals surface area contributed by atoms with Crippen molar-refractivity contribution < 1.29 is 17.9 Å². The van der Waals surface area contributed by atoms with Crippen LogP contribution in [0.15, 0.2) is 0 Å². The Kier molecular flexibility index (Phi) is 1.63. The number of ether oxygens (including phenoxy) is 1. The second-order valence-corrected chi connectivity index (χ2v) is 3.50. The molecule has 70 valence electrons. The summed E-state index contributed by atoms with van der Waals surface area (Å²) in [5.74, 6) is 0. The Morgan fingerprint density at radius 2 is 2.00 bits per heavy atom. The number of nitrogens with one attached hydrogen (secondary N) is 1. The lowest BCUT2D eigenvalue weighted by atomic mass is 10.2. The average molecular weight is 181 g/mol. The van der Waals surface area contributed by atoms with Crippen LogP contribution in [0.5, 0.6) is 0 Å². The third kappa shape index (κ3) is 1.43. The first-order valence-corrected chi connectivity index (χ1v) is 3.95. The molecule has 0 aromatic rings. The van der Waals surface area contributed by atoms with Gasteiger partial charge in [-0.2, -0.15) is 13.2 Å². The van der Waals surface area contributed by atoms with Crippen molar-refractivity contribution in [1.82, 2.24) is 5.32 Å². The lowest BCUT2D eigenvalue weighted by molar-refractivity contribution is -0.230. The quantitative estimate of drug-likeness (QED) is 0.603. The lowest BCUT2D eigenvalue weighted by Crippen LogP contribution is -2.53. The van der Waals surface area contributed by atoms with E-state index < -0.39 is 12.3 Å². The van der Waals surface area contributed by atoms with Gasteiger partial charge in [0.1, 0.15) is 0 Å². The molecule has 1 heterocycles. The fourth-order valence-corrected chi connectivity index (χ4v) is 1.36. The summed E-state index contributed by atoms with van der Waals surface area (Å²) in [5, 5.41) is 2.88. The Labute approximate surface area is 68.1 Å². The highest BCUT2D eigenvalue weighted by atomic mass is 19.4. The molecule has 5 heteroatoms. The molecule has 0 aromatic heterocycles. The van der Waals surface area contributed by atoms with Gasteiger partial charge in [-0.1, -0.05) is 0 Å². The van der Waals surface area contributed by atoms with Gasteiger partial charge in [-0.25, -0.2) is 0 Å². The summed E-state index contributed by atoms with van der Waals surface area (Å²) in [6, 6.07) is 0. The van der Waals surface area contributed by atoms with Crippen LogP contribution in [0, 0.1) is 0 Å². The molecule has 0 aromatic carbocycles. The van der Waals surface area contributed by atoms with E-state index in [-0.39, 0.29) is 18.7 Å². The van der Waals surface area contributed by atoms with E-state index in [1.165, 1.54) is 0 Å². The molecule has 2 fully saturated rings. The molecule has 2 rings (SSSR count). The Hall–Kier alpha value is -0.290. The summed E-state index contributed by atoms with van der Waals surface area (Å²) in [5.41, 5.74) is -0.0955. The van der Waals surface area contributed by atoms with Crippen LogP contribution in [0.2, 0.25) is 0 Å². The highest BCUT2D eigenvalue weighted by molar-refractivity contribution is 5.05. The van der Waals surface area contributed by atoms with Crippen LogP contribution in [0.3, 0.4) is 0 Å². The third-order valence-electron chi connectivity index (χ3n) is 2.44. The van der Waals surface area contributed by atoms with Crippen LogP contribution >= 0.6 is 0 Å². The highest BCUT2D eigenvalue weighted by Crippen LogP contribution is 2.39. The van der Waals surface area contributed by atoms with Crippen molar-refractivity contribution in [3.05, 3.63) is 0 Å². The van der Waals surface area contributed by atoms with Crippen LogP contribution in [-0.4, -0.2) is 31.0 Å². The van der Waals surface area contributed by atoms with Crippen molar-refractivity contribution in [2.24, 2.45) is 0 Å². The Balaban J connectivity index is 1.90. The summed E-state index contributed by atoms with van der Waals surface area (Å²) in [7, 11) is 0. The second-order valence-electron chi connectivity index (χ2n) is 3.50. The Morgan fingerprint density at radius 3 is 2.33 bits per heavy atom. The first-order chi connectivity index (χ1) is 5.52. The topological polar surface area (TPSA) is 21.3 Å². The van der Waals surface area contributed by atoms with Crippen LogP contribution in [0.4, 0.5) is 13.2 Å². The maximum atomic E-state index is 12.0. The predicted molar refractivity (Wildman–Crippen MR) is 35.8 cm³/mol. The van der Waals surface area contributed by atoms with E-state index in [4.69, 9.17) is 4.74 Å². The molecule has 1 saturated heterocycles. The maximum absolute atomic E-state index is 12.0. The number of morpholine rings is 1. The molecule has 1 aliphatic carbocycles. The van der Waals surface area contributed by atoms with Crippen molar-refractivity contribution in [2.75, 3.05) is 13.2 Å². The van der Waals surface area contributed by atoms with Crippen molar-refractivity contribution in [3.8, 4) is 0 Å². The molecule has 1 spiro atoms. The second kappa shape index (κ2) is 2.35. The van der Waals surface area contributed by atoms with Crippen molar-refractivity contribution in [2.45, 2.75) is 30.7 Å². The van der Waals surface area contributed by atoms with Crippen LogP contribution in [0.1, 0.15) is 12.8 Å². The molecular formula is C7H10F3NO. The summed E-state index contributed by atoms with van der Waals surface area (Å²) in [4.78, 5) is 0. The molecule has 2 nitrogen and oxygen atoms in total. The maximum Gasteiger partial charge on any atom is 0.415 e. The normalized spacial score (nSPS) is 33.8. The summed E-state index contributed by atoms with van der Waals surface area (Å²) >= 11 is 0. The third-order valence-corrected chi connectivity index (χ3v) is 2.44. The predicted octanol–water partition coefficient (Wildman–Crippen LogP) is 1.07. The molecule has 1 atom stereocenters. The first-order valence-electron chi connectivity index (χ1n) is 3.95. The van der Waals surface area contributed by atoms with Crippen molar-refractivity contribution in [1.29, 1.82) is 0 Å². The minimum atomic E-state index is -4.22. The van der Waals surface area contributed by atoms with Gasteiger partial charge in [0.2, 0.25) is 0 Å². The number of hydrogen-bond donors (Lipinski definition) is 1. The minimum Gasteiger partial charge on any atom is -0.366 e. The van der Waals surface area contributed by atoms with Gasteiger partial charge in [0.25, 0.3) is 0 Å². The molecule has 0 radical (unpaired) electrons. The molecule has 1 N–H and O–H groups in total. The van der Waals surface area contributed by atoms with Crippen LogP contribution < -0.4 is 5.32 Å². The van der Waals surface area contributed by atoms with Crippen LogP contribution in [-0.2, 0) is 4.74 Å². The van der Waals surface area contributed by atoms with E-state index in [2.05, 4.69) is 5.32 Å². The minimum absolute atomic E-state index is 0.0938. The Bertz CT molecular complexity index is 178. The van der Waals surface area contributed by atoms with E-state index in [0.29, 0.717) is 0 Å². The van der Waals surface area contributed by atoms with Gasteiger partial charge in [-0.3, -0.25) is 0 Å². The Morgan fingerprint density at radius 1 is 1.33 bits per heavy atom. The standard InChI is InChI=1S/C7H10F3NO/c8-7(9,10)5-3-11-6(1-2-6)4-12-5/h5,11H,1-4H2. The zero-order valence-electron chi connectivity index (χ0n) is 6.45. The van der Waals surface area contributed by atoms with E-state index >= 15 is 0 Å². The summed E-state index contributed by atoms with van der Waals surface area (Å²) in [6.07, 6.45) is -3.94. The van der Waals surface area contributed by atoms with Gasteiger partial charge in [0.15, 0.2) is 6.10 Å². The van der Waals surface area contributed by atoms with Crippen LogP contribution in [0.25, 0.3) is 0 Å². The zero-order valence-corrected chi connectivity index (χ0v) is 6.45. The molecule has 12 heavy (non-hydrogen) atoms. The van der Waals surface area contributed by atoms with E-state index in [9.17, 15) is 13.2 Å². The molecule has 0 amide bonds. The molecule has 0 bridgehead atoms. The summed E-state index contributed by atoms with van der Waals surface area (Å²) in [6.45, 7) is 0.112. The highest BCUT2D eigenvalue weighted by Gasteiger charge is 2.51. The van der Waals surface area contributed by atoms with Gasteiger partial charge in [0, 0.05) is 12.1 Å². The van der Waals surface area contributed by atoms with Gasteiger partial charge in [-0.15, -0.1) is 0 Å². The van der Waals surface area contributed by atoms with E-state index in [1.807, 2.05) is 0 Å². The fraction of sp³-hybridized carbons (Fsp3) is 1.00. The molecule has 1 aliphatic heterocycles. The SMILES string of the molecule is FC(F)(F)C1CNC2(CC2)CO1. The molecular weight excluding hydrogens is 171 g/mol. The van der Waals surface area contributed by atoms with Gasteiger partial charge < -0.3 is 10.1 Å².